The molecular formula is C23H22Cl2N2O3S. The van der Waals surface area contributed by atoms with Gasteiger partial charge in [-0.25, -0.2) is 4.99 Å². The number of ether oxygens (including phenoxy) is 2. The molecule has 0 spiro atoms. The molecule has 0 saturated carbocycles. The average molecular weight is 477 g/mol. The Morgan fingerprint density at radius 3 is 2.68 bits per heavy atom. The molecule has 31 heavy (non-hydrogen) atoms. The number of halogens is 2. The number of benzene rings is 2. The van der Waals surface area contributed by atoms with Crippen LogP contribution in [0.5, 0.6) is 11.5 Å². The van der Waals surface area contributed by atoms with E-state index in [2.05, 4.69) is 16.9 Å². The van der Waals surface area contributed by atoms with Crippen LogP contribution >= 0.6 is 35.0 Å². The second-order valence-corrected chi connectivity index (χ2v) is 8.24. The fourth-order valence-corrected chi connectivity index (χ4v) is 4.14. The number of nitrogens with one attached hydrogen (secondary N) is 1. The zero-order chi connectivity index (χ0) is 22.4. The molecule has 0 radical (unpaired) electrons. The maximum atomic E-state index is 12.5. The third-order valence-electron chi connectivity index (χ3n) is 4.21. The summed E-state index contributed by atoms with van der Waals surface area (Å²) in [6, 6.07) is 9.01. The van der Waals surface area contributed by atoms with Crippen molar-refractivity contribution in [3.8, 4) is 11.5 Å². The molecule has 1 saturated heterocycles. The van der Waals surface area contributed by atoms with Gasteiger partial charge in [-0.2, -0.15) is 0 Å². The third-order valence-corrected chi connectivity index (χ3v) is 5.93. The largest absolute Gasteiger partial charge is 0.490 e. The van der Waals surface area contributed by atoms with Crippen LogP contribution in [-0.4, -0.2) is 24.3 Å². The van der Waals surface area contributed by atoms with E-state index in [1.807, 2.05) is 26.0 Å². The zero-order valence-corrected chi connectivity index (χ0v) is 19.5. The highest BCUT2D eigenvalue weighted by Crippen LogP contribution is 2.37. The van der Waals surface area contributed by atoms with Crippen LogP contribution in [0.4, 0.5) is 5.69 Å². The molecule has 3 rings (SSSR count). The SMILES string of the molecule is C=CCc1cc(/C=C2/SC(=Nc3cccc(Cl)c3Cl)NC2=O)cc(OCC)c1OCC. The van der Waals surface area contributed by atoms with Crippen LogP contribution in [0.3, 0.4) is 0 Å². The lowest BCUT2D eigenvalue weighted by Gasteiger charge is -2.16. The number of amidine groups is 1. The minimum atomic E-state index is -0.237. The Kier molecular flexibility index (Phi) is 8.07. The maximum Gasteiger partial charge on any atom is 0.264 e. The Labute approximate surface area is 196 Å². The monoisotopic (exact) mass is 476 g/mol. The molecule has 2 aromatic carbocycles. The number of rotatable bonds is 8. The Hall–Kier alpha value is -2.41. The molecular weight excluding hydrogens is 455 g/mol. The lowest BCUT2D eigenvalue weighted by atomic mass is 10.0. The fourth-order valence-electron chi connectivity index (χ4n) is 2.96. The van der Waals surface area contributed by atoms with E-state index < -0.39 is 0 Å². The standard InChI is InChI=1S/C23H22Cl2N2O3S/c1-4-8-15-11-14(12-18(29-5-2)21(15)30-6-3)13-19-22(28)27-23(31-19)26-17-10-7-9-16(24)20(17)25/h4,7,9-13H,1,5-6,8H2,2-3H3,(H,26,27,28)/b19-13+. The van der Waals surface area contributed by atoms with Gasteiger partial charge in [0.25, 0.3) is 5.91 Å². The molecule has 0 aromatic heterocycles. The first kappa shape index (κ1) is 23.3. The maximum absolute atomic E-state index is 12.5. The number of nitrogens with zero attached hydrogens (tertiary/aromatic N) is 1. The van der Waals surface area contributed by atoms with Crippen molar-refractivity contribution in [2.24, 2.45) is 4.99 Å². The molecule has 0 bridgehead atoms. The van der Waals surface area contributed by atoms with E-state index in [1.54, 1.807) is 30.4 Å². The predicted octanol–water partition coefficient (Wildman–Crippen LogP) is 6.41. The summed E-state index contributed by atoms with van der Waals surface area (Å²) in [4.78, 5) is 17.4. The van der Waals surface area contributed by atoms with Gasteiger partial charge >= 0.3 is 0 Å². The Balaban J connectivity index is 1.95. The number of hydrogen-bond acceptors (Lipinski definition) is 5. The molecule has 162 valence electrons. The second kappa shape index (κ2) is 10.8. The van der Waals surface area contributed by atoms with Crippen molar-refractivity contribution in [2.75, 3.05) is 13.2 Å². The fraction of sp³-hybridized carbons (Fsp3) is 0.217. The molecule has 2 aromatic rings. The predicted molar refractivity (Wildman–Crippen MR) is 130 cm³/mol. The molecule has 1 amide bonds. The summed E-state index contributed by atoms with van der Waals surface area (Å²) in [6.07, 6.45) is 4.22. The highest BCUT2D eigenvalue weighted by atomic mass is 35.5. The van der Waals surface area contributed by atoms with Crippen LogP contribution < -0.4 is 14.8 Å². The van der Waals surface area contributed by atoms with Gasteiger partial charge in [0, 0.05) is 5.56 Å². The van der Waals surface area contributed by atoms with Crippen molar-refractivity contribution in [3.05, 3.63) is 69.1 Å². The summed E-state index contributed by atoms with van der Waals surface area (Å²) < 4.78 is 11.6. The number of hydrogen-bond donors (Lipinski definition) is 1. The number of allylic oxidation sites excluding steroid dienone is 1. The molecule has 1 N–H and O–H groups in total. The van der Waals surface area contributed by atoms with Crippen molar-refractivity contribution in [1.82, 2.24) is 5.32 Å². The molecule has 0 unspecified atom stereocenters. The van der Waals surface area contributed by atoms with E-state index in [9.17, 15) is 4.79 Å². The quantitative estimate of drug-likeness (QED) is 0.353. The van der Waals surface area contributed by atoms with Crippen LogP contribution in [0.2, 0.25) is 10.0 Å². The van der Waals surface area contributed by atoms with E-state index in [1.165, 1.54) is 11.8 Å². The smallest absolute Gasteiger partial charge is 0.264 e. The molecule has 1 fully saturated rings. The van der Waals surface area contributed by atoms with Crippen LogP contribution in [0.25, 0.3) is 6.08 Å². The van der Waals surface area contributed by atoms with Crippen molar-refractivity contribution in [2.45, 2.75) is 20.3 Å². The summed E-state index contributed by atoms with van der Waals surface area (Å²) in [6.45, 7) is 8.69. The van der Waals surface area contributed by atoms with E-state index in [0.29, 0.717) is 56.9 Å². The van der Waals surface area contributed by atoms with Gasteiger partial charge in [-0.1, -0.05) is 35.3 Å². The third kappa shape index (κ3) is 5.64. The van der Waals surface area contributed by atoms with Crippen LogP contribution in [0.1, 0.15) is 25.0 Å². The van der Waals surface area contributed by atoms with Gasteiger partial charge < -0.3 is 14.8 Å². The van der Waals surface area contributed by atoms with Gasteiger partial charge in [0.2, 0.25) is 0 Å². The highest BCUT2D eigenvalue weighted by molar-refractivity contribution is 8.18. The normalized spacial score (nSPS) is 15.9. The first-order valence-corrected chi connectivity index (χ1v) is 11.3. The summed E-state index contributed by atoms with van der Waals surface area (Å²) >= 11 is 13.5. The lowest BCUT2D eigenvalue weighted by Crippen LogP contribution is -2.19. The molecule has 0 aliphatic carbocycles. The molecule has 8 heteroatoms. The molecule has 5 nitrogen and oxygen atoms in total. The van der Waals surface area contributed by atoms with E-state index in [4.69, 9.17) is 32.7 Å². The summed E-state index contributed by atoms with van der Waals surface area (Å²) in [7, 11) is 0. The number of amides is 1. The number of aliphatic imine (C=N–C) groups is 1. The average Bonchev–Trinajstić information content (AvgIpc) is 3.07. The topological polar surface area (TPSA) is 59.9 Å². The van der Waals surface area contributed by atoms with E-state index >= 15 is 0 Å². The van der Waals surface area contributed by atoms with Gasteiger partial charge in [-0.05, 0) is 67.9 Å². The Bertz CT molecular complexity index is 1070. The van der Waals surface area contributed by atoms with Gasteiger partial charge in [0.05, 0.1) is 33.9 Å². The lowest BCUT2D eigenvalue weighted by molar-refractivity contribution is -0.115. The highest BCUT2D eigenvalue weighted by Gasteiger charge is 2.24. The zero-order valence-electron chi connectivity index (χ0n) is 17.2. The van der Waals surface area contributed by atoms with Crippen LogP contribution in [0.15, 0.2) is 52.9 Å². The molecule has 0 atom stereocenters. The molecule has 1 aliphatic rings. The first-order valence-electron chi connectivity index (χ1n) is 9.73. The van der Waals surface area contributed by atoms with Gasteiger partial charge in [0.15, 0.2) is 16.7 Å². The van der Waals surface area contributed by atoms with Crippen molar-refractivity contribution < 1.29 is 14.3 Å². The number of thioether (sulfide) groups is 1. The molecule has 1 aliphatic heterocycles. The van der Waals surface area contributed by atoms with Crippen LogP contribution in [0, 0.1) is 0 Å². The first-order chi connectivity index (χ1) is 15.0. The van der Waals surface area contributed by atoms with Gasteiger partial charge in [0.1, 0.15) is 0 Å². The second-order valence-electron chi connectivity index (χ2n) is 6.42. The van der Waals surface area contributed by atoms with E-state index in [0.717, 1.165) is 11.1 Å². The van der Waals surface area contributed by atoms with Gasteiger partial charge in [-0.3, -0.25) is 4.79 Å². The van der Waals surface area contributed by atoms with Crippen molar-refractivity contribution in [1.29, 1.82) is 0 Å². The summed E-state index contributed by atoms with van der Waals surface area (Å²) in [5.41, 5.74) is 2.26. The van der Waals surface area contributed by atoms with Gasteiger partial charge in [-0.15, -0.1) is 6.58 Å². The van der Waals surface area contributed by atoms with Crippen LogP contribution in [-0.2, 0) is 11.2 Å². The Morgan fingerprint density at radius 1 is 1.19 bits per heavy atom. The summed E-state index contributed by atoms with van der Waals surface area (Å²) in [5, 5.41) is 3.94. The Morgan fingerprint density at radius 2 is 1.97 bits per heavy atom. The minimum absolute atomic E-state index is 0.237. The minimum Gasteiger partial charge on any atom is -0.490 e. The number of carbonyl (C=O) groups excluding carboxylic acids is 1. The summed E-state index contributed by atoms with van der Waals surface area (Å²) in [5.74, 6) is 1.10. The van der Waals surface area contributed by atoms with Crippen molar-refractivity contribution >= 4 is 57.8 Å². The van der Waals surface area contributed by atoms with Crippen molar-refractivity contribution in [3.63, 3.8) is 0 Å². The number of carbonyl (C=O) groups is 1. The molecule has 1 heterocycles. The van der Waals surface area contributed by atoms with E-state index in [-0.39, 0.29) is 5.91 Å².